The third kappa shape index (κ3) is 5.31. The summed E-state index contributed by atoms with van der Waals surface area (Å²) in [7, 11) is 0. The van der Waals surface area contributed by atoms with Gasteiger partial charge >= 0.3 is 0 Å². The maximum atomic E-state index is 12.7. The highest BCUT2D eigenvalue weighted by Crippen LogP contribution is 2.26. The molecule has 0 bridgehead atoms. The van der Waals surface area contributed by atoms with Crippen LogP contribution in [-0.4, -0.2) is 34.2 Å². The second-order valence-electron chi connectivity index (χ2n) is 8.68. The van der Waals surface area contributed by atoms with Gasteiger partial charge in [-0.25, -0.2) is 4.98 Å². The molecule has 7 heteroatoms. The third-order valence-corrected chi connectivity index (χ3v) is 7.00. The second-order valence-corrected chi connectivity index (χ2v) is 9.75. The van der Waals surface area contributed by atoms with Crippen molar-refractivity contribution in [2.24, 2.45) is 5.92 Å². The number of amides is 1. The highest BCUT2D eigenvalue weighted by atomic mass is 32.1. The average molecular weight is 470 g/mol. The van der Waals surface area contributed by atoms with E-state index in [0.717, 1.165) is 54.4 Å². The maximum Gasteiger partial charge on any atom is 0.276 e. The lowest BCUT2D eigenvalue weighted by atomic mass is 9.90. The van der Waals surface area contributed by atoms with Gasteiger partial charge in [-0.3, -0.25) is 4.79 Å². The van der Waals surface area contributed by atoms with Crippen LogP contribution >= 0.6 is 11.3 Å². The number of benzene rings is 2. The molecule has 6 nitrogen and oxygen atoms in total. The molecule has 1 aliphatic rings. The van der Waals surface area contributed by atoms with Crippen molar-refractivity contribution in [2.45, 2.75) is 26.2 Å². The van der Waals surface area contributed by atoms with E-state index in [2.05, 4.69) is 55.7 Å². The van der Waals surface area contributed by atoms with Crippen molar-refractivity contribution in [3.63, 3.8) is 0 Å². The fourth-order valence-corrected chi connectivity index (χ4v) is 5.00. The van der Waals surface area contributed by atoms with Gasteiger partial charge in [0.1, 0.15) is 0 Å². The highest BCUT2D eigenvalue weighted by Gasteiger charge is 2.21. The summed E-state index contributed by atoms with van der Waals surface area (Å²) < 4.78 is 0. The van der Waals surface area contributed by atoms with Gasteiger partial charge in [0, 0.05) is 29.7 Å². The van der Waals surface area contributed by atoms with Crippen molar-refractivity contribution < 1.29 is 4.79 Å². The molecule has 0 saturated carbocycles. The fraction of sp³-hybridized carbons (Fsp3) is 0.259. The van der Waals surface area contributed by atoms with Gasteiger partial charge in [-0.15, -0.1) is 21.5 Å². The van der Waals surface area contributed by atoms with Crippen molar-refractivity contribution in [2.75, 3.05) is 23.3 Å². The summed E-state index contributed by atoms with van der Waals surface area (Å²) in [5, 5.41) is 14.5. The van der Waals surface area contributed by atoms with Crippen LogP contribution in [-0.2, 0) is 6.42 Å². The van der Waals surface area contributed by atoms with Gasteiger partial charge in [0.15, 0.2) is 11.5 Å². The minimum Gasteiger partial charge on any atom is -0.355 e. The van der Waals surface area contributed by atoms with E-state index in [9.17, 15) is 4.79 Å². The molecular weight excluding hydrogens is 442 g/mol. The monoisotopic (exact) mass is 469 g/mol. The lowest BCUT2D eigenvalue weighted by Gasteiger charge is -2.32. The van der Waals surface area contributed by atoms with Crippen LogP contribution in [0.2, 0.25) is 0 Å². The smallest absolute Gasteiger partial charge is 0.276 e. The van der Waals surface area contributed by atoms with Crippen LogP contribution in [0.3, 0.4) is 0 Å². The zero-order chi connectivity index (χ0) is 23.3. The Kier molecular flexibility index (Phi) is 6.62. The molecule has 1 fully saturated rings. The first-order chi connectivity index (χ1) is 16.6. The Morgan fingerprint density at radius 2 is 1.85 bits per heavy atom. The molecule has 0 spiro atoms. The Balaban J connectivity index is 1.17. The van der Waals surface area contributed by atoms with Crippen molar-refractivity contribution in [3.8, 4) is 11.3 Å². The van der Waals surface area contributed by atoms with Crippen LogP contribution in [0, 0.1) is 12.8 Å². The fourth-order valence-electron chi connectivity index (χ4n) is 4.38. The van der Waals surface area contributed by atoms with E-state index in [0.29, 0.717) is 17.3 Å². The molecule has 1 N–H and O–H groups in total. The zero-order valence-electron chi connectivity index (χ0n) is 19.1. The van der Waals surface area contributed by atoms with Gasteiger partial charge in [0.25, 0.3) is 5.91 Å². The summed E-state index contributed by atoms with van der Waals surface area (Å²) in [5.41, 5.74) is 4.30. The quantitative estimate of drug-likeness (QED) is 0.397. The summed E-state index contributed by atoms with van der Waals surface area (Å²) in [6.45, 7) is 3.90. The first-order valence-corrected chi connectivity index (χ1v) is 12.5. The zero-order valence-corrected chi connectivity index (χ0v) is 20.0. The molecule has 1 saturated heterocycles. The van der Waals surface area contributed by atoms with Crippen LogP contribution in [0.15, 0.2) is 72.1 Å². The summed E-state index contributed by atoms with van der Waals surface area (Å²) in [6, 6.07) is 22.0. The van der Waals surface area contributed by atoms with Crippen molar-refractivity contribution in [3.05, 3.63) is 88.4 Å². The van der Waals surface area contributed by atoms with E-state index >= 15 is 0 Å². The molecule has 0 unspecified atom stereocenters. The molecule has 3 heterocycles. The van der Waals surface area contributed by atoms with E-state index in [-0.39, 0.29) is 5.91 Å². The van der Waals surface area contributed by atoms with Crippen molar-refractivity contribution in [1.29, 1.82) is 0 Å². The summed E-state index contributed by atoms with van der Waals surface area (Å²) in [4.78, 5) is 19.5. The third-order valence-electron chi connectivity index (χ3n) is 6.22. The SMILES string of the molecule is Cc1nc(-c2cccc(NC(=O)c3ccc(N4CCC(Cc5ccccc5)CC4)nn3)c2)cs1. The van der Waals surface area contributed by atoms with Crippen LogP contribution < -0.4 is 10.2 Å². The van der Waals surface area contributed by atoms with E-state index in [1.165, 1.54) is 5.56 Å². The lowest BCUT2D eigenvalue weighted by Crippen LogP contribution is -2.35. The number of thiazole rings is 1. The van der Waals surface area contributed by atoms with Crippen molar-refractivity contribution in [1.82, 2.24) is 15.2 Å². The predicted octanol–water partition coefficient (Wildman–Crippen LogP) is 5.62. The minimum absolute atomic E-state index is 0.271. The lowest BCUT2D eigenvalue weighted by molar-refractivity contribution is 0.102. The molecule has 1 aliphatic heterocycles. The van der Waals surface area contributed by atoms with Crippen LogP contribution in [0.5, 0.6) is 0 Å². The number of rotatable bonds is 6. The topological polar surface area (TPSA) is 71.0 Å². The van der Waals surface area contributed by atoms with E-state index in [4.69, 9.17) is 0 Å². The van der Waals surface area contributed by atoms with Crippen LogP contribution in [0.4, 0.5) is 11.5 Å². The molecule has 34 heavy (non-hydrogen) atoms. The van der Waals surface area contributed by atoms with Crippen LogP contribution in [0.25, 0.3) is 11.3 Å². The molecular formula is C27H27N5OS. The largest absolute Gasteiger partial charge is 0.355 e. The summed E-state index contributed by atoms with van der Waals surface area (Å²) in [5.74, 6) is 1.25. The molecule has 172 valence electrons. The number of aryl methyl sites for hydroxylation is 1. The molecule has 0 atom stereocenters. The number of aromatic nitrogens is 3. The number of carbonyl (C=O) groups excluding carboxylic acids is 1. The maximum absolute atomic E-state index is 12.7. The van der Waals surface area contributed by atoms with Gasteiger partial charge in [0.05, 0.1) is 10.7 Å². The first-order valence-electron chi connectivity index (χ1n) is 11.6. The standard InChI is InChI=1S/C27H27N5OS/c1-19-28-25(18-34-19)22-8-5-9-23(17-22)29-27(33)24-10-11-26(31-30-24)32-14-12-21(13-15-32)16-20-6-3-2-4-7-20/h2-11,17-18,21H,12-16H2,1H3,(H,29,33). The molecule has 0 radical (unpaired) electrons. The molecule has 0 aliphatic carbocycles. The molecule has 5 rings (SSSR count). The summed E-state index contributed by atoms with van der Waals surface area (Å²) in [6.07, 6.45) is 3.39. The van der Waals surface area contributed by atoms with Crippen LogP contribution in [0.1, 0.15) is 33.9 Å². The van der Waals surface area contributed by atoms with Gasteiger partial charge in [0.2, 0.25) is 0 Å². The van der Waals surface area contributed by atoms with E-state index in [1.807, 2.05) is 42.6 Å². The average Bonchev–Trinajstić information content (AvgIpc) is 3.32. The Hall–Kier alpha value is -3.58. The number of hydrogen-bond acceptors (Lipinski definition) is 6. The molecule has 1 amide bonds. The van der Waals surface area contributed by atoms with Gasteiger partial charge in [-0.2, -0.15) is 0 Å². The number of nitrogens with zero attached hydrogens (tertiary/aromatic N) is 4. The first kappa shape index (κ1) is 22.2. The Bertz CT molecular complexity index is 1250. The predicted molar refractivity (Wildman–Crippen MR) is 137 cm³/mol. The number of nitrogens with one attached hydrogen (secondary N) is 1. The highest BCUT2D eigenvalue weighted by molar-refractivity contribution is 7.09. The second kappa shape index (κ2) is 10.1. The van der Waals surface area contributed by atoms with Gasteiger partial charge in [-0.1, -0.05) is 42.5 Å². The number of piperidine rings is 1. The Labute approximate surface area is 203 Å². The minimum atomic E-state index is -0.271. The van der Waals surface area contributed by atoms with Gasteiger partial charge < -0.3 is 10.2 Å². The molecule has 2 aromatic heterocycles. The summed E-state index contributed by atoms with van der Waals surface area (Å²) >= 11 is 1.61. The number of carbonyl (C=O) groups is 1. The Morgan fingerprint density at radius 1 is 1.03 bits per heavy atom. The molecule has 4 aromatic rings. The normalized spacial score (nSPS) is 14.2. The van der Waals surface area contributed by atoms with E-state index < -0.39 is 0 Å². The Morgan fingerprint density at radius 3 is 2.56 bits per heavy atom. The number of anilines is 2. The molecule has 2 aromatic carbocycles. The van der Waals surface area contributed by atoms with Gasteiger partial charge in [-0.05, 0) is 61.9 Å². The number of hydrogen-bond donors (Lipinski definition) is 1. The van der Waals surface area contributed by atoms with E-state index in [1.54, 1.807) is 17.4 Å². The van der Waals surface area contributed by atoms with Crippen molar-refractivity contribution >= 4 is 28.7 Å².